The van der Waals surface area contributed by atoms with E-state index in [1.54, 1.807) is 6.26 Å². The summed E-state index contributed by atoms with van der Waals surface area (Å²) in [5, 5.41) is 35.2. The van der Waals surface area contributed by atoms with E-state index >= 15 is 0 Å². The summed E-state index contributed by atoms with van der Waals surface area (Å²) in [6, 6.07) is 8.11. The van der Waals surface area contributed by atoms with Crippen LogP contribution in [0.4, 0.5) is 8.78 Å². The van der Waals surface area contributed by atoms with Crippen LogP contribution >= 0.6 is 43.6 Å². The minimum absolute atomic E-state index is 0. The van der Waals surface area contributed by atoms with Gasteiger partial charge < -0.3 is 16.8 Å². The highest BCUT2D eigenvalue weighted by Gasteiger charge is 2.31. The first-order chi connectivity index (χ1) is 30.8. The van der Waals surface area contributed by atoms with Crippen LogP contribution < -0.4 is 33.6 Å². The van der Waals surface area contributed by atoms with Crippen molar-refractivity contribution in [3.05, 3.63) is 89.5 Å². The van der Waals surface area contributed by atoms with Gasteiger partial charge in [0.1, 0.15) is 23.0 Å². The van der Waals surface area contributed by atoms with E-state index in [0.717, 1.165) is 34.8 Å². The summed E-state index contributed by atoms with van der Waals surface area (Å²) < 4.78 is 48.7. The number of rotatable bonds is 13. The van der Waals surface area contributed by atoms with Crippen molar-refractivity contribution in [3.63, 3.8) is 0 Å². The molecule has 0 saturated heterocycles. The topological polar surface area (TPSA) is 320 Å². The second-order valence-electron chi connectivity index (χ2n) is 13.9. The van der Waals surface area contributed by atoms with Gasteiger partial charge in [-0.05, 0) is 143 Å². The highest BCUT2D eigenvalue weighted by Crippen LogP contribution is 2.30. The minimum Gasteiger partial charge on any atom is -0.370 e. The number of hydrogen-bond acceptors (Lipinski definition) is 18. The number of aryl methyl sites for hydroxylation is 2. The second kappa shape index (κ2) is 25.6. The van der Waals surface area contributed by atoms with Crippen LogP contribution in [-0.4, -0.2) is 82.4 Å². The average molecular weight is 1080 g/mol. The van der Waals surface area contributed by atoms with E-state index in [0.29, 0.717) is 61.5 Å². The monoisotopic (exact) mass is 1080 g/mol. The molecule has 2 amide bonds. The molecular formula is C40H50Br2F2N14O8S. The number of thioether (sulfide) groups is 1. The van der Waals surface area contributed by atoms with Crippen molar-refractivity contribution in [2.45, 2.75) is 73.6 Å². The van der Waals surface area contributed by atoms with Crippen LogP contribution in [0.1, 0.15) is 72.2 Å². The Morgan fingerprint density at radius 3 is 1.64 bits per heavy atom. The molecule has 2 aliphatic carbocycles. The zero-order valence-corrected chi connectivity index (χ0v) is 37.5. The van der Waals surface area contributed by atoms with Gasteiger partial charge in [0.15, 0.2) is 22.5 Å². The van der Waals surface area contributed by atoms with Gasteiger partial charge in [0.25, 0.3) is 0 Å². The lowest BCUT2D eigenvalue weighted by atomic mass is 10.2. The fraction of sp³-hybridized carbons (Fsp3) is 0.400. The zero-order chi connectivity index (χ0) is 45.9. The lowest BCUT2D eigenvalue weighted by molar-refractivity contribution is -0.121. The molecule has 7 N–H and O–H groups in total. The van der Waals surface area contributed by atoms with Crippen LogP contribution in [0.3, 0.4) is 0 Å². The highest BCUT2D eigenvalue weighted by atomic mass is 79.9. The maximum Gasteiger partial charge on any atom is 0.446 e. The third-order valence-corrected chi connectivity index (χ3v) is 10.9. The molecule has 0 radical (unpaired) electrons. The second-order valence-corrected chi connectivity index (χ2v) is 16.4. The van der Waals surface area contributed by atoms with Gasteiger partial charge in [0, 0.05) is 18.4 Å². The van der Waals surface area contributed by atoms with Crippen molar-refractivity contribution in [2.24, 2.45) is 28.3 Å². The van der Waals surface area contributed by atoms with Gasteiger partial charge in [-0.25, -0.2) is 36.8 Å². The molecule has 4 aromatic heterocycles. The molecule has 0 aliphatic heterocycles. The van der Waals surface area contributed by atoms with Crippen molar-refractivity contribution in [1.29, 1.82) is 5.41 Å². The third kappa shape index (κ3) is 14.6. The Balaban J connectivity index is 0.000000291. The Morgan fingerprint density at radius 2 is 1.22 bits per heavy atom. The lowest BCUT2D eigenvalue weighted by Gasteiger charge is -2.05. The van der Waals surface area contributed by atoms with Gasteiger partial charge in [-0.1, -0.05) is 54.7 Å². The van der Waals surface area contributed by atoms with Crippen molar-refractivity contribution >= 4 is 66.6 Å². The number of amidine groups is 1. The molecule has 6 aromatic rings. The molecule has 362 valence electrons. The van der Waals surface area contributed by atoms with E-state index < -0.39 is 23.1 Å². The normalized spacial score (nSPS) is 12.8. The van der Waals surface area contributed by atoms with Gasteiger partial charge in [-0.2, -0.15) is 0 Å². The Kier molecular flexibility index (Phi) is 21.1. The molecule has 2 aromatic carbocycles. The summed E-state index contributed by atoms with van der Waals surface area (Å²) in [6.07, 6.45) is 7.61. The number of carbonyl (C=O) groups excluding carboxylic acids is 2. The molecule has 8 rings (SSSR count). The van der Waals surface area contributed by atoms with E-state index in [2.05, 4.69) is 78.4 Å². The van der Waals surface area contributed by atoms with Gasteiger partial charge in [0.05, 0.1) is 20.3 Å². The lowest BCUT2D eigenvalue weighted by Crippen LogP contribution is -2.37. The van der Waals surface area contributed by atoms with Gasteiger partial charge in [-0.3, -0.25) is 34.4 Å². The standard InChI is InChI=1S/C18H17BrFN7O4.C13H11BrFN5O3.C6H10N2OS.3CH4/c19-11-8-10(5-6-12(11)20)27-15(26-30-18(27)29)14-13(24-31-25-14)2-1-7-22-17(21)23-16(28)9-3-4-9;14-8-6-7(3-4-9(8)15)20-12(19-22-13(20)21)11-10(2-1-5-16)17-23-18-11;1-10-6(7)8-5(9)4-2-3-4;;;/h5-6,8-9H,1-4,7H2,(H3,21,22,23,28);3-4,6H,1-2,5,16H2;4H,2-3H2,1H3,(H2,7,8,9);3*1H4. The van der Waals surface area contributed by atoms with Crippen molar-refractivity contribution < 1.29 is 36.7 Å². The minimum atomic E-state index is -0.772. The number of carbonyl (C=O) groups is 2. The Bertz CT molecular complexity index is 2760. The zero-order valence-electron chi connectivity index (χ0n) is 33.6. The van der Waals surface area contributed by atoms with Crippen LogP contribution in [0.25, 0.3) is 34.4 Å². The molecule has 0 bridgehead atoms. The van der Waals surface area contributed by atoms with Crippen LogP contribution in [0.2, 0.25) is 0 Å². The van der Waals surface area contributed by atoms with E-state index in [4.69, 9.17) is 35.2 Å². The molecule has 0 spiro atoms. The van der Waals surface area contributed by atoms with Crippen LogP contribution in [0.15, 0.2) is 78.2 Å². The molecular weight excluding hydrogens is 1030 g/mol. The van der Waals surface area contributed by atoms with Crippen molar-refractivity contribution in [2.75, 3.05) is 19.3 Å². The van der Waals surface area contributed by atoms with Gasteiger partial charge in [0.2, 0.25) is 23.5 Å². The summed E-state index contributed by atoms with van der Waals surface area (Å²) in [5.74, 6) is -2.02. The molecule has 4 heterocycles. The Morgan fingerprint density at radius 1 is 0.776 bits per heavy atom. The summed E-state index contributed by atoms with van der Waals surface area (Å²) in [4.78, 5) is 50.9. The number of aliphatic imine (C=N–C) groups is 1. The van der Waals surface area contributed by atoms with Crippen LogP contribution in [0.5, 0.6) is 0 Å². The van der Waals surface area contributed by atoms with Crippen LogP contribution in [0, 0.1) is 28.9 Å². The van der Waals surface area contributed by atoms with Crippen molar-refractivity contribution in [1.82, 2.24) is 50.7 Å². The molecule has 0 atom stereocenters. The first kappa shape index (κ1) is 55.1. The molecule has 67 heavy (non-hydrogen) atoms. The number of benzene rings is 2. The number of nitrogens with one attached hydrogen (secondary N) is 3. The van der Waals surface area contributed by atoms with Crippen molar-refractivity contribution in [3.8, 4) is 34.4 Å². The smallest absolute Gasteiger partial charge is 0.370 e. The quantitative estimate of drug-likeness (QED) is 0.0508. The van der Waals surface area contributed by atoms with Crippen LogP contribution in [-0.2, 0) is 22.4 Å². The SMILES string of the molecule is C.C.C.CSC(=N)NC(=O)C1CC1.NC(=NCCCc1nonc1-c1noc(=O)n1-c1ccc(F)c(Br)c1)NC(=O)C1CC1.NCCCc1nonc1-c1noc(=O)n1-c1ccc(F)c(Br)c1. The highest BCUT2D eigenvalue weighted by molar-refractivity contribution is 9.10. The molecule has 27 heteroatoms. The number of guanidine groups is 1. The number of nitrogens with two attached hydrogens (primary N) is 2. The van der Waals surface area contributed by atoms with E-state index in [9.17, 15) is 28.0 Å². The average Bonchev–Trinajstić information content (AvgIpc) is 4.14. The third-order valence-electron chi connectivity index (χ3n) is 9.13. The summed E-state index contributed by atoms with van der Waals surface area (Å²) in [7, 11) is 0. The first-order valence-corrected chi connectivity index (χ1v) is 22.1. The summed E-state index contributed by atoms with van der Waals surface area (Å²) in [5.41, 5.74) is 13.3. The summed E-state index contributed by atoms with van der Waals surface area (Å²) in [6.45, 7) is 0.808. The number of aromatic nitrogens is 8. The number of nitrogens with zero attached hydrogens (tertiary/aromatic N) is 9. The molecule has 2 saturated carbocycles. The Labute approximate surface area is 402 Å². The molecule has 22 nitrogen and oxygen atoms in total. The number of hydrogen-bond donors (Lipinski definition) is 5. The van der Waals surface area contributed by atoms with Gasteiger partial charge >= 0.3 is 11.5 Å². The number of halogens is 4. The Hall–Kier alpha value is -6.19. The molecule has 0 unspecified atom stereocenters. The molecule has 2 fully saturated rings. The fourth-order valence-electron chi connectivity index (χ4n) is 5.52. The first-order valence-electron chi connectivity index (χ1n) is 19.3. The number of amides is 2. The maximum absolute atomic E-state index is 13.6. The molecule has 2 aliphatic rings. The largest absolute Gasteiger partial charge is 0.446 e. The predicted molar refractivity (Wildman–Crippen MR) is 251 cm³/mol. The van der Waals surface area contributed by atoms with E-state index in [1.807, 2.05) is 0 Å². The predicted octanol–water partition coefficient (Wildman–Crippen LogP) is 5.94. The summed E-state index contributed by atoms with van der Waals surface area (Å²) >= 11 is 7.41. The maximum atomic E-state index is 13.6. The van der Waals surface area contributed by atoms with Gasteiger partial charge in [-0.15, -0.1) is 0 Å². The van der Waals surface area contributed by atoms with E-state index in [1.165, 1.54) is 48.2 Å². The van der Waals surface area contributed by atoms with E-state index in [-0.39, 0.29) is 89.0 Å². The fourth-order valence-corrected chi connectivity index (χ4v) is 6.46.